The second-order valence-electron chi connectivity index (χ2n) is 9.95. The van der Waals surface area contributed by atoms with Crippen LogP contribution in [0.25, 0.3) is 5.65 Å². The van der Waals surface area contributed by atoms with E-state index in [0.29, 0.717) is 18.7 Å². The number of nitrogens with one attached hydrogen (secondary N) is 1. The number of nitrogens with zero attached hydrogens (tertiary/aromatic N) is 2. The first kappa shape index (κ1) is 24.7. The van der Waals surface area contributed by atoms with Gasteiger partial charge in [-0.25, -0.2) is 4.98 Å². The quantitative estimate of drug-likeness (QED) is 0.252. The van der Waals surface area contributed by atoms with E-state index in [4.69, 9.17) is 9.47 Å². The number of amides is 1. The molecule has 6 nitrogen and oxygen atoms in total. The number of aryl methyl sites for hydroxylation is 1. The van der Waals surface area contributed by atoms with E-state index in [2.05, 4.69) is 63.2 Å². The molecule has 39 heavy (non-hydrogen) atoms. The molecular formula is C33H31N3O3. The third-order valence-electron chi connectivity index (χ3n) is 7.46. The number of imidazole rings is 1. The zero-order valence-electron chi connectivity index (χ0n) is 21.9. The van der Waals surface area contributed by atoms with Gasteiger partial charge in [-0.3, -0.25) is 4.79 Å². The second kappa shape index (κ2) is 11.0. The number of rotatable bonds is 9. The lowest BCUT2D eigenvalue weighted by Crippen LogP contribution is -2.27. The van der Waals surface area contributed by atoms with Crippen LogP contribution in [0.15, 0.2) is 103 Å². The molecule has 0 fully saturated rings. The molecular weight excluding hydrogens is 486 g/mol. The van der Waals surface area contributed by atoms with Crippen molar-refractivity contribution >= 4 is 11.6 Å². The summed E-state index contributed by atoms with van der Waals surface area (Å²) in [6.45, 7) is 2.83. The highest BCUT2D eigenvalue weighted by Crippen LogP contribution is 2.38. The lowest BCUT2D eigenvalue weighted by atomic mass is 9.88. The number of pyridine rings is 1. The van der Waals surface area contributed by atoms with Crippen molar-refractivity contribution < 1.29 is 14.3 Å². The van der Waals surface area contributed by atoms with Gasteiger partial charge in [-0.05, 0) is 53.8 Å². The normalized spacial score (nSPS) is 13.1. The first-order chi connectivity index (χ1) is 19.2. The van der Waals surface area contributed by atoms with E-state index in [9.17, 15) is 4.79 Å². The predicted molar refractivity (Wildman–Crippen MR) is 151 cm³/mol. The summed E-state index contributed by atoms with van der Waals surface area (Å²) >= 11 is 0. The van der Waals surface area contributed by atoms with Gasteiger partial charge >= 0.3 is 0 Å². The number of carbonyl (C=O) groups excluding carboxylic acids is 1. The van der Waals surface area contributed by atoms with Crippen LogP contribution in [-0.4, -0.2) is 28.6 Å². The van der Waals surface area contributed by atoms with Crippen LogP contribution in [0.5, 0.6) is 11.5 Å². The zero-order valence-corrected chi connectivity index (χ0v) is 21.9. The van der Waals surface area contributed by atoms with Crippen molar-refractivity contribution in [3.05, 3.63) is 131 Å². The third-order valence-corrected chi connectivity index (χ3v) is 7.46. The molecule has 1 amide bonds. The topological polar surface area (TPSA) is 64.9 Å². The van der Waals surface area contributed by atoms with Gasteiger partial charge in [0.05, 0.1) is 5.69 Å². The second-order valence-corrected chi connectivity index (χ2v) is 9.95. The first-order valence-electron chi connectivity index (χ1n) is 13.4. The van der Waals surface area contributed by atoms with Crippen LogP contribution in [0.2, 0.25) is 0 Å². The van der Waals surface area contributed by atoms with Crippen LogP contribution in [-0.2, 0) is 4.79 Å². The summed E-state index contributed by atoms with van der Waals surface area (Å²) in [5, 5.41) is 3.20. The number of fused-ring (bicyclic) bond motifs is 2. The Bertz CT molecular complexity index is 1540. The number of aromatic nitrogens is 2. The fraction of sp³-hybridized carbons (Fsp3) is 0.212. The Labute approximate surface area is 228 Å². The monoisotopic (exact) mass is 517 g/mol. The molecule has 0 saturated carbocycles. The summed E-state index contributed by atoms with van der Waals surface area (Å²) in [6.07, 6.45) is 4.99. The fourth-order valence-electron chi connectivity index (χ4n) is 5.46. The molecule has 1 atom stereocenters. The molecule has 0 saturated heterocycles. The van der Waals surface area contributed by atoms with Crippen LogP contribution < -0.4 is 14.8 Å². The summed E-state index contributed by atoms with van der Waals surface area (Å²) in [7, 11) is 0. The average molecular weight is 518 g/mol. The number of hydrogen-bond donors (Lipinski definition) is 1. The highest BCUT2D eigenvalue weighted by Gasteiger charge is 2.25. The number of hydrogen-bond acceptors (Lipinski definition) is 4. The lowest BCUT2D eigenvalue weighted by molar-refractivity contribution is -0.121. The summed E-state index contributed by atoms with van der Waals surface area (Å²) in [4.78, 5) is 18.1. The molecule has 3 heterocycles. The molecule has 0 spiro atoms. The Morgan fingerprint density at radius 2 is 1.59 bits per heavy atom. The van der Waals surface area contributed by atoms with Crippen molar-refractivity contribution in [1.82, 2.24) is 14.7 Å². The Hall–Kier alpha value is -4.58. The van der Waals surface area contributed by atoms with E-state index in [1.165, 1.54) is 11.1 Å². The van der Waals surface area contributed by atoms with Crippen molar-refractivity contribution in [2.45, 2.75) is 31.6 Å². The maximum absolute atomic E-state index is 13.4. The molecule has 196 valence electrons. The molecule has 3 aromatic carbocycles. The summed E-state index contributed by atoms with van der Waals surface area (Å²) in [5.41, 5.74) is 6.44. The van der Waals surface area contributed by atoms with Gasteiger partial charge in [0.1, 0.15) is 5.65 Å². The maximum atomic E-state index is 13.4. The van der Waals surface area contributed by atoms with Gasteiger partial charge in [0.2, 0.25) is 12.7 Å². The predicted octanol–water partition coefficient (Wildman–Crippen LogP) is 6.23. The van der Waals surface area contributed by atoms with E-state index in [1.54, 1.807) is 0 Å². The molecule has 0 radical (unpaired) electrons. The molecule has 6 heteroatoms. The minimum atomic E-state index is -0.199. The molecule has 1 unspecified atom stereocenters. The standard InChI is InChI=1S/C33H31N3O3/c1-23-9-8-18-36-29(21-35-33(23)36)28(26-14-15-30-31(19-26)39-22-38-30)20-32(37)34-17-16-27(24-10-4-2-5-11-24)25-12-6-3-7-13-25/h2-15,18-19,21,27-28H,16-17,20,22H2,1H3,(H,34,37). The minimum Gasteiger partial charge on any atom is -0.454 e. The SMILES string of the molecule is Cc1cccn2c(C(CC(=O)NCCC(c3ccccc3)c3ccccc3)c3ccc4c(c3)OCO4)cnc12. The van der Waals surface area contributed by atoms with Crippen LogP contribution in [0.4, 0.5) is 0 Å². The fourth-order valence-corrected chi connectivity index (χ4v) is 5.46. The highest BCUT2D eigenvalue weighted by atomic mass is 16.7. The minimum absolute atomic E-state index is 0.000133. The molecule has 5 aromatic rings. The summed E-state index contributed by atoms with van der Waals surface area (Å²) in [5.74, 6) is 1.44. The number of carbonyl (C=O) groups is 1. The highest BCUT2D eigenvalue weighted by molar-refractivity contribution is 5.77. The Balaban J connectivity index is 1.22. The van der Waals surface area contributed by atoms with Crippen molar-refractivity contribution in [2.24, 2.45) is 0 Å². The van der Waals surface area contributed by atoms with Crippen molar-refractivity contribution in [3.63, 3.8) is 0 Å². The smallest absolute Gasteiger partial charge is 0.231 e. The molecule has 0 aliphatic carbocycles. The first-order valence-corrected chi connectivity index (χ1v) is 13.4. The van der Waals surface area contributed by atoms with Crippen molar-refractivity contribution in [3.8, 4) is 11.5 Å². The van der Waals surface area contributed by atoms with E-state index >= 15 is 0 Å². The van der Waals surface area contributed by atoms with Crippen LogP contribution in [0, 0.1) is 6.92 Å². The van der Waals surface area contributed by atoms with Gasteiger partial charge < -0.3 is 19.2 Å². The van der Waals surface area contributed by atoms with Gasteiger partial charge in [-0.1, -0.05) is 72.8 Å². The van der Waals surface area contributed by atoms with Gasteiger partial charge in [-0.15, -0.1) is 0 Å². The van der Waals surface area contributed by atoms with Gasteiger partial charge in [-0.2, -0.15) is 0 Å². The molecule has 6 rings (SSSR count). The Kier molecular flexibility index (Phi) is 7.00. The summed E-state index contributed by atoms with van der Waals surface area (Å²) < 4.78 is 13.3. The van der Waals surface area contributed by atoms with Gasteiger partial charge in [0.15, 0.2) is 11.5 Å². The molecule has 1 aliphatic rings. The van der Waals surface area contributed by atoms with Crippen LogP contribution >= 0.6 is 0 Å². The lowest BCUT2D eigenvalue weighted by Gasteiger charge is -2.20. The Morgan fingerprint density at radius 3 is 2.33 bits per heavy atom. The van der Waals surface area contributed by atoms with E-state index in [0.717, 1.165) is 34.6 Å². The molecule has 1 N–H and O–H groups in total. The Morgan fingerprint density at radius 1 is 0.872 bits per heavy atom. The van der Waals surface area contributed by atoms with Gasteiger partial charge in [0, 0.05) is 37.2 Å². The van der Waals surface area contributed by atoms with Crippen molar-refractivity contribution in [1.29, 1.82) is 0 Å². The molecule has 0 bridgehead atoms. The molecule has 1 aliphatic heterocycles. The van der Waals surface area contributed by atoms with E-state index < -0.39 is 0 Å². The van der Waals surface area contributed by atoms with Crippen molar-refractivity contribution in [2.75, 3.05) is 13.3 Å². The number of benzene rings is 3. The third kappa shape index (κ3) is 5.23. The number of ether oxygens (including phenoxy) is 2. The van der Waals surface area contributed by atoms with E-state index in [1.807, 2.05) is 61.8 Å². The van der Waals surface area contributed by atoms with Crippen LogP contribution in [0.3, 0.4) is 0 Å². The zero-order chi connectivity index (χ0) is 26.6. The largest absolute Gasteiger partial charge is 0.454 e. The maximum Gasteiger partial charge on any atom is 0.231 e. The van der Waals surface area contributed by atoms with Crippen LogP contribution in [0.1, 0.15) is 52.6 Å². The average Bonchev–Trinajstić information content (AvgIpc) is 3.63. The summed E-state index contributed by atoms with van der Waals surface area (Å²) in [6, 6.07) is 30.9. The van der Waals surface area contributed by atoms with E-state index in [-0.39, 0.29) is 24.5 Å². The molecule has 2 aromatic heterocycles. The van der Waals surface area contributed by atoms with Gasteiger partial charge in [0.25, 0.3) is 0 Å².